The summed E-state index contributed by atoms with van der Waals surface area (Å²) in [5.74, 6) is 0.675. The lowest BCUT2D eigenvalue weighted by Crippen LogP contribution is -2.32. The number of rotatable bonds is 4. The van der Waals surface area contributed by atoms with E-state index < -0.39 is 0 Å². The van der Waals surface area contributed by atoms with Crippen molar-refractivity contribution in [3.63, 3.8) is 0 Å². The Balaban J connectivity index is 2.15. The SMILES string of the molecule is CCCC1CC(=O)N(C(=O)c2ccc(OC)c(Br)c2)C1. The molecule has 2 amide bonds. The Morgan fingerprint density at radius 2 is 2.25 bits per heavy atom. The van der Waals surface area contributed by atoms with Gasteiger partial charge in [-0.3, -0.25) is 14.5 Å². The Kier molecular flexibility index (Phi) is 4.81. The van der Waals surface area contributed by atoms with Crippen molar-refractivity contribution in [2.45, 2.75) is 26.2 Å². The molecular weight excluding hydrogens is 322 g/mol. The standard InChI is InChI=1S/C15H18BrNO3/c1-3-4-10-7-14(18)17(9-10)15(19)11-5-6-13(20-2)12(16)8-11/h5-6,8,10H,3-4,7,9H2,1-2H3. The van der Waals surface area contributed by atoms with Crippen LogP contribution in [0.15, 0.2) is 22.7 Å². The average molecular weight is 340 g/mol. The minimum atomic E-state index is -0.225. The molecule has 1 saturated heterocycles. The zero-order chi connectivity index (χ0) is 14.7. The molecule has 1 aromatic rings. The number of carbonyl (C=O) groups excluding carboxylic acids is 2. The molecule has 0 aromatic heterocycles. The van der Waals surface area contributed by atoms with Gasteiger partial charge in [0.1, 0.15) is 5.75 Å². The van der Waals surface area contributed by atoms with Gasteiger partial charge in [-0.25, -0.2) is 0 Å². The number of ether oxygens (including phenoxy) is 1. The Bertz CT molecular complexity index is 530. The van der Waals surface area contributed by atoms with Gasteiger partial charge >= 0.3 is 0 Å². The van der Waals surface area contributed by atoms with E-state index in [9.17, 15) is 9.59 Å². The maximum atomic E-state index is 12.4. The molecule has 1 unspecified atom stereocenters. The second-order valence-electron chi connectivity index (χ2n) is 5.02. The topological polar surface area (TPSA) is 46.6 Å². The van der Waals surface area contributed by atoms with Crippen molar-refractivity contribution in [2.24, 2.45) is 5.92 Å². The molecule has 4 nitrogen and oxygen atoms in total. The van der Waals surface area contributed by atoms with Gasteiger partial charge in [-0.1, -0.05) is 13.3 Å². The van der Waals surface area contributed by atoms with Crippen LogP contribution in [0.2, 0.25) is 0 Å². The van der Waals surface area contributed by atoms with Crippen molar-refractivity contribution >= 4 is 27.7 Å². The predicted molar refractivity (Wildman–Crippen MR) is 79.8 cm³/mol. The van der Waals surface area contributed by atoms with Crippen LogP contribution in [0.4, 0.5) is 0 Å². The first-order valence-electron chi connectivity index (χ1n) is 6.75. The number of nitrogens with zero attached hydrogens (tertiary/aromatic N) is 1. The zero-order valence-electron chi connectivity index (χ0n) is 11.7. The van der Waals surface area contributed by atoms with Gasteiger partial charge in [0.25, 0.3) is 5.91 Å². The Morgan fingerprint density at radius 3 is 2.85 bits per heavy atom. The number of likely N-dealkylation sites (tertiary alicyclic amines) is 1. The quantitative estimate of drug-likeness (QED) is 0.791. The number of methoxy groups -OCH3 is 1. The first kappa shape index (κ1) is 15.0. The number of amides is 2. The minimum absolute atomic E-state index is 0.0691. The number of benzene rings is 1. The third-order valence-electron chi connectivity index (χ3n) is 3.55. The zero-order valence-corrected chi connectivity index (χ0v) is 13.3. The molecular formula is C15H18BrNO3. The highest BCUT2D eigenvalue weighted by Gasteiger charge is 2.33. The molecule has 0 saturated carbocycles. The maximum absolute atomic E-state index is 12.4. The van der Waals surface area contributed by atoms with Gasteiger partial charge in [0.05, 0.1) is 11.6 Å². The fraction of sp³-hybridized carbons (Fsp3) is 0.467. The number of imide groups is 1. The maximum Gasteiger partial charge on any atom is 0.260 e. The van der Waals surface area contributed by atoms with E-state index >= 15 is 0 Å². The number of carbonyl (C=O) groups is 2. The van der Waals surface area contributed by atoms with E-state index in [1.807, 2.05) is 0 Å². The van der Waals surface area contributed by atoms with Crippen molar-refractivity contribution in [1.82, 2.24) is 4.90 Å². The molecule has 1 aliphatic rings. The molecule has 1 heterocycles. The Hall–Kier alpha value is -1.36. The highest BCUT2D eigenvalue weighted by Crippen LogP contribution is 2.28. The van der Waals surface area contributed by atoms with E-state index in [0.717, 1.165) is 12.8 Å². The summed E-state index contributed by atoms with van der Waals surface area (Å²) in [5.41, 5.74) is 0.503. The highest BCUT2D eigenvalue weighted by atomic mass is 79.9. The molecule has 1 atom stereocenters. The van der Waals surface area contributed by atoms with E-state index in [0.29, 0.717) is 34.7 Å². The molecule has 2 rings (SSSR count). The van der Waals surface area contributed by atoms with Crippen LogP contribution in [-0.4, -0.2) is 30.4 Å². The molecule has 0 N–H and O–H groups in total. The van der Waals surface area contributed by atoms with Crippen molar-refractivity contribution in [3.05, 3.63) is 28.2 Å². The van der Waals surface area contributed by atoms with Gasteiger partial charge in [-0.15, -0.1) is 0 Å². The van der Waals surface area contributed by atoms with Crippen molar-refractivity contribution in [1.29, 1.82) is 0 Å². The molecule has 108 valence electrons. The van der Waals surface area contributed by atoms with Crippen LogP contribution < -0.4 is 4.74 Å². The van der Waals surface area contributed by atoms with Crippen molar-refractivity contribution in [3.8, 4) is 5.75 Å². The lowest BCUT2D eigenvalue weighted by atomic mass is 10.0. The average Bonchev–Trinajstić information content (AvgIpc) is 2.79. The molecule has 5 heteroatoms. The van der Waals surface area contributed by atoms with Gasteiger partial charge < -0.3 is 4.74 Å². The monoisotopic (exact) mass is 339 g/mol. The molecule has 20 heavy (non-hydrogen) atoms. The molecule has 1 aromatic carbocycles. The summed E-state index contributed by atoms with van der Waals surface area (Å²) in [6.07, 6.45) is 2.51. The Morgan fingerprint density at radius 1 is 1.50 bits per heavy atom. The lowest BCUT2D eigenvalue weighted by Gasteiger charge is -2.15. The van der Waals surface area contributed by atoms with E-state index in [1.165, 1.54) is 4.90 Å². The van der Waals surface area contributed by atoms with Crippen molar-refractivity contribution < 1.29 is 14.3 Å². The third kappa shape index (κ3) is 3.03. The molecule has 1 fully saturated rings. The normalized spacial score (nSPS) is 18.4. The summed E-state index contributed by atoms with van der Waals surface area (Å²) in [4.78, 5) is 25.7. The highest BCUT2D eigenvalue weighted by molar-refractivity contribution is 9.10. The second kappa shape index (κ2) is 6.39. The summed E-state index contributed by atoms with van der Waals surface area (Å²) in [5, 5.41) is 0. The van der Waals surface area contributed by atoms with E-state index in [4.69, 9.17) is 4.74 Å². The summed E-state index contributed by atoms with van der Waals surface area (Å²) in [7, 11) is 1.57. The predicted octanol–water partition coefficient (Wildman–Crippen LogP) is 3.25. The number of hydrogen-bond acceptors (Lipinski definition) is 3. The van der Waals surface area contributed by atoms with Crippen molar-refractivity contribution in [2.75, 3.05) is 13.7 Å². The van der Waals surface area contributed by atoms with Crippen LogP contribution in [0.5, 0.6) is 5.75 Å². The number of halogens is 1. The summed E-state index contributed by atoms with van der Waals surface area (Å²) >= 11 is 3.36. The molecule has 0 spiro atoms. The lowest BCUT2D eigenvalue weighted by molar-refractivity contribution is -0.125. The largest absolute Gasteiger partial charge is 0.496 e. The molecule has 0 bridgehead atoms. The third-order valence-corrected chi connectivity index (χ3v) is 4.17. The van der Waals surface area contributed by atoms with E-state index in [1.54, 1.807) is 25.3 Å². The fourth-order valence-electron chi connectivity index (χ4n) is 2.53. The minimum Gasteiger partial charge on any atom is -0.496 e. The number of hydrogen-bond donors (Lipinski definition) is 0. The first-order valence-corrected chi connectivity index (χ1v) is 7.54. The first-order chi connectivity index (χ1) is 9.56. The molecule has 0 radical (unpaired) electrons. The van der Waals surface area contributed by atoms with Crippen LogP contribution in [0.25, 0.3) is 0 Å². The van der Waals surface area contributed by atoms with Crippen LogP contribution in [0.3, 0.4) is 0 Å². The van der Waals surface area contributed by atoms with Gasteiger partial charge in [0.2, 0.25) is 5.91 Å². The smallest absolute Gasteiger partial charge is 0.260 e. The van der Waals surface area contributed by atoms with Crippen LogP contribution in [0.1, 0.15) is 36.5 Å². The van der Waals surface area contributed by atoms with E-state index in [2.05, 4.69) is 22.9 Å². The van der Waals surface area contributed by atoms with Gasteiger partial charge in [0, 0.05) is 18.5 Å². The van der Waals surface area contributed by atoms with Gasteiger partial charge in [-0.05, 0) is 46.5 Å². The van der Waals surface area contributed by atoms with Gasteiger partial charge in [0.15, 0.2) is 0 Å². The fourth-order valence-corrected chi connectivity index (χ4v) is 3.08. The molecule has 0 aliphatic carbocycles. The summed E-state index contributed by atoms with van der Waals surface area (Å²) in [6, 6.07) is 5.11. The molecule has 1 aliphatic heterocycles. The summed E-state index contributed by atoms with van der Waals surface area (Å²) < 4.78 is 5.85. The second-order valence-corrected chi connectivity index (χ2v) is 5.87. The van der Waals surface area contributed by atoms with Crippen LogP contribution in [0, 0.1) is 5.92 Å². The van der Waals surface area contributed by atoms with Crippen LogP contribution >= 0.6 is 15.9 Å². The summed E-state index contributed by atoms with van der Waals surface area (Å²) in [6.45, 7) is 2.63. The van der Waals surface area contributed by atoms with E-state index in [-0.39, 0.29) is 11.8 Å². The Labute approximate surface area is 127 Å². The van der Waals surface area contributed by atoms with Gasteiger partial charge in [-0.2, -0.15) is 0 Å². The van der Waals surface area contributed by atoms with Crippen LogP contribution in [-0.2, 0) is 4.79 Å².